The fourth-order valence-electron chi connectivity index (χ4n) is 2.31. The van der Waals surface area contributed by atoms with Crippen molar-refractivity contribution in [3.8, 4) is 0 Å². The van der Waals surface area contributed by atoms with Gasteiger partial charge in [-0.1, -0.05) is 0 Å². The Kier molecular flexibility index (Phi) is 4.79. The number of hydrogen-bond donors (Lipinski definition) is 3. The van der Waals surface area contributed by atoms with Gasteiger partial charge in [0.2, 0.25) is 0 Å². The lowest BCUT2D eigenvalue weighted by Gasteiger charge is -2.30. The molecule has 0 saturated heterocycles. The number of aromatic amines is 1. The maximum absolute atomic E-state index is 12.2. The van der Waals surface area contributed by atoms with E-state index in [4.69, 9.17) is 9.84 Å². The molecule has 0 fully saturated rings. The smallest absolute Gasteiger partial charge is 0.410 e. The lowest BCUT2D eigenvalue weighted by atomic mass is 10.2. The normalized spacial score (nSPS) is 14.3. The van der Waals surface area contributed by atoms with Crippen molar-refractivity contribution in [1.82, 2.24) is 19.8 Å². The van der Waals surface area contributed by atoms with Crippen LogP contribution in [0.3, 0.4) is 0 Å². The Morgan fingerprint density at radius 1 is 1.35 bits per heavy atom. The van der Waals surface area contributed by atoms with Gasteiger partial charge in [0.15, 0.2) is 0 Å². The summed E-state index contributed by atoms with van der Waals surface area (Å²) in [7, 11) is 0. The molecule has 2 rings (SSSR count). The number of nitrogens with zero attached hydrogens (tertiary/aromatic N) is 2. The average Bonchev–Trinajstić information content (AvgIpc) is 2.80. The summed E-state index contributed by atoms with van der Waals surface area (Å²) in [4.78, 5) is 40.1. The van der Waals surface area contributed by atoms with Gasteiger partial charge in [0.05, 0.1) is 18.8 Å². The third-order valence-corrected chi connectivity index (χ3v) is 3.30. The van der Waals surface area contributed by atoms with Gasteiger partial charge < -0.3 is 25.0 Å². The van der Waals surface area contributed by atoms with Gasteiger partial charge in [0.25, 0.3) is 5.91 Å². The van der Waals surface area contributed by atoms with Crippen LogP contribution in [0.2, 0.25) is 0 Å². The van der Waals surface area contributed by atoms with Crippen molar-refractivity contribution in [3.05, 3.63) is 21.9 Å². The van der Waals surface area contributed by atoms with E-state index in [1.807, 2.05) is 0 Å². The summed E-state index contributed by atoms with van der Waals surface area (Å²) < 4.78 is 6.76. The second-order valence-electron chi connectivity index (χ2n) is 6.28. The summed E-state index contributed by atoms with van der Waals surface area (Å²) in [5.74, 6) is -0.490. The molecule has 1 aromatic rings. The Labute approximate surface area is 133 Å². The van der Waals surface area contributed by atoms with Crippen molar-refractivity contribution in [1.29, 1.82) is 0 Å². The monoisotopic (exact) mass is 326 g/mol. The first-order valence-electron chi connectivity index (χ1n) is 7.41. The molecule has 0 bridgehead atoms. The molecule has 0 saturated carbocycles. The second-order valence-corrected chi connectivity index (χ2v) is 6.28. The van der Waals surface area contributed by atoms with Gasteiger partial charge in [0, 0.05) is 19.6 Å². The molecule has 2 heterocycles. The lowest BCUT2D eigenvalue weighted by molar-refractivity contribution is 0.0196. The number of hydrogen-bond acceptors (Lipinski definition) is 5. The van der Waals surface area contributed by atoms with Crippen LogP contribution in [0.15, 0.2) is 4.79 Å². The molecule has 128 valence electrons. The van der Waals surface area contributed by atoms with E-state index in [1.54, 1.807) is 20.8 Å². The van der Waals surface area contributed by atoms with Crippen molar-refractivity contribution in [2.45, 2.75) is 39.5 Å². The Balaban J connectivity index is 2.20. The average molecular weight is 326 g/mol. The van der Waals surface area contributed by atoms with E-state index in [0.29, 0.717) is 12.2 Å². The van der Waals surface area contributed by atoms with E-state index in [0.717, 1.165) is 0 Å². The second kappa shape index (κ2) is 6.45. The highest BCUT2D eigenvalue weighted by atomic mass is 16.6. The number of aliphatic hydroxyl groups is 1. The van der Waals surface area contributed by atoms with Gasteiger partial charge >= 0.3 is 11.8 Å². The number of rotatable bonds is 3. The number of amides is 2. The van der Waals surface area contributed by atoms with Gasteiger partial charge in [-0.2, -0.15) is 0 Å². The standard InChI is InChI=1S/C14H22N4O5/c1-14(2,3)23-13(22)17-5-6-18-9(8-17)10(16-12(18)21)11(20)15-4-7-19/h19H,4-8H2,1-3H3,(H,15,20)(H,16,21). The van der Waals surface area contributed by atoms with Gasteiger partial charge in [-0.3, -0.25) is 9.36 Å². The van der Waals surface area contributed by atoms with Gasteiger partial charge in [-0.15, -0.1) is 0 Å². The Bertz CT molecular complexity index is 655. The van der Waals surface area contributed by atoms with Crippen molar-refractivity contribution in [3.63, 3.8) is 0 Å². The molecule has 9 nitrogen and oxygen atoms in total. The van der Waals surface area contributed by atoms with Gasteiger partial charge in [0.1, 0.15) is 11.3 Å². The lowest BCUT2D eigenvalue weighted by Crippen LogP contribution is -2.43. The number of carbonyl (C=O) groups is 2. The maximum atomic E-state index is 12.2. The number of aromatic nitrogens is 2. The SMILES string of the molecule is CC(C)(C)OC(=O)N1CCn2c(c(C(=O)NCCO)[nH]c2=O)C1. The van der Waals surface area contributed by atoms with Crippen LogP contribution in [-0.2, 0) is 17.8 Å². The van der Waals surface area contributed by atoms with Crippen LogP contribution in [0.4, 0.5) is 4.79 Å². The quantitative estimate of drug-likeness (QED) is 0.702. The highest BCUT2D eigenvalue weighted by Gasteiger charge is 2.30. The van der Waals surface area contributed by atoms with Crippen molar-refractivity contribution in [2.24, 2.45) is 0 Å². The van der Waals surface area contributed by atoms with Gasteiger partial charge in [-0.05, 0) is 20.8 Å². The Hall–Kier alpha value is -2.29. The topological polar surface area (TPSA) is 117 Å². The van der Waals surface area contributed by atoms with Crippen LogP contribution in [0.1, 0.15) is 37.0 Å². The van der Waals surface area contributed by atoms with Crippen molar-refractivity contribution < 1.29 is 19.4 Å². The molecule has 0 aromatic carbocycles. The van der Waals surface area contributed by atoms with E-state index in [2.05, 4.69) is 10.3 Å². The molecule has 0 unspecified atom stereocenters. The van der Waals surface area contributed by atoms with Crippen molar-refractivity contribution in [2.75, 3.05) is 19.7 Å². The molecule has 3 N–H and O–H groups in total. The Morgan fingerprint density at radius 3 is 2.65 bits per heavy atom. The maximum Gasteiger partial charge on any atom is 0.410 e. The van der Waals surface area contributed by atoms with Crippen LogP contribution in [0.5, 0.6) is 0 Å². The third kappa shape index (κ3) is 3.92. The molecular formula is C14H22N4O5. The zero-order chi connectivity index (χ0) is 17.2. The fraction of sp³-hybridized carbons (Fsp3) is 0.643. The summed E-state index contributed by atoms with van der Waals surface area (Å²) in [6.07, 6.45) is -0.487. The predicted octanol–water partition coefficient (Wildman–Crippen LogP) is -0.351. The number of H-pyrrole nitrogens is 1. The number of aliphatic hydroxyl groups excluding tert-OH is 1. The number of fused-ring (bicyclic) bond motifs is 1. The first-order valence-corrected chi connectivity index (χ1v) is 7.41. The molecule has 9 heteroatoms. The summed E-state index contributed by atoms with van der Waals surface area (Å²) in [5, 5.41) is 11.3. The number of nitrogens with one attached hydrogen (secondary N) is 2. The largest absolute Gasteiger partial charge is 0.444 e. The first kappa shape index (κ1) is 17.1. The highest BCUT2D eigenvalue weighted by Crippen LogP contribution is 2.17. The molecule has 0 aliphatic carbocycles. The molecular weight excluding hydrogens is 304 g/mol. The molecule has 2 amide bonds. The molecule has 0 atom stereocenters. The van der Waals surface area contributed by atoms with E-state index >= 15 is 0 Å². The molecule has 0 spiro atoms. The number of ether oxygens (including phenoxy) is 1. The van der Waals surface area contributed by atoms with Crippen LogP contribution in [-0.4, -0.2) is 56.9 Å². The van der Waals surface area contributed by atoms with Crippen LogP contribution < -0.4 is 11.0 Å². The summed E-state index contributed by atoms with van der Waals surface area (Å²) in [5.41, 5.74) is -0.467. The fourth-order valence-corrected chi connectivity index (χ4v) is 2.31. The zero-order valence-electron chi connectivity index (χ0n) is 13.5. The van der Waals surface area contributed by atoms with E-state index in [1.165, 1.54) is 9.47 Å². The van der Waals surface area contributed by atoms with Crippen LogP contribution >= 0.6 is 0 Å². The predicted molar refractivity (Wildman–Crippen MR) is 81.1 cm³/mol. The number of imidazole rings is 1. The molecule has 23 heavy (non-hydrogen) atoms. The zero-order valence-corrected chi connectivity index (χ0v) is 13.5. The molecule has 1 aromatic heterocycles. The number of carbonyl (C=O) groups excluding carboxylic acids is 2. The van der Waals surface area contributed by atoms with E-state index in [9.17, 15) is 14.4 Å². The van der Waals surface area contributed by atoms with Gasteiger partial charge in [-0.25, -0.2) is 9.59 Å². The molecule has 1 aliphatic rings. The van der Waals surface area contributed by atoms with Crippen LogP contribution in [0, 0.1) is 0 Å². The summed E-state index contributed by atoms with van der Waals surface area (Å²) in [6, 6.07) is 0. The van der Waals surface area contributed by atoms with Crippen molar-refractivity contribution >= 4 is 12.0 Å². The molecule has 1 aliphatic heterocycles. The minimum absolute atomic E-state index is 0.0846. The molecule has 0 radical (unpaired) electrons. The van der Waals surface area contributed by atoms with E-state index in [-0.39, 0.29) is 31.9 Å². The minimum atomic E-state index is -0.617. The highest BCUT2D eigenvalue weighted by molar-refractivity contribution is 5.93. The van der Waals surface area contributed by atoms with E-state index < -0.39 is 23.3 Å². The summed E-state index contributed by atoms with van der Waals surface area (Å²) >= 11 is 0. The Morgan fingerprint density at radius 2 is 2.04 bits per heavy atom. The first-order chi connectivity index (χ1) is 10.7. The third-order valence-electron chi connectivity index (χ3n) is 3.30. The minimum Gasteiger partial charge on any atom is -0.444 e. The summed E-state index contributed by atoms with van der Waals surface area (Å²) in [6.45, 7) is 5.93. The van der Waals surface area contributed by atoms with Crippen LogP contribution in [0.25, 0.3) is 0 Å².